The molecule has 1 N–H and O–H groups in total. The number of aryl methyl sites for hydroxylation is 2. The fraction of sp³-hybridized carbons (Fsp3) is 0.286. The van der Waals surface area contributed by atoms with Crippen molar-refractivity contribution in [3.63, 3.8) is 0 Å². The van der Waals surface area contributed by atoms with Crippen molar-refractivity contribution in [3.8, 4) is 5.75 Å². The molecule has 0 radical (unpaired) electrons. The van der Waals surface area contributed by atoms with E-state index in [0.29, 0.717) is 21.7 Å². The van der Waals surface area contributed by atoms with E-state index in [2.05, 4.69) is 10.4 Å². The maximum absolute atomic E-state index is 12.9. The van der Waals surface area contributed by atoms with Crippen molar-refractivity contribution in [3.05, 3.63) is 40.2 Å². The van der Waals surface area contributed by atoms with Gasteiger partial charge in [-0.1, -0.05) is 11.6 Å². The smallest absolute Gasteiger partial charge is 0.434 e. The SMILES string of the molecule is COc1ccc(NC(=O)c2nn(C)c(C(F)(F)F)c2Cl)c(C)c1. The highest BCUT2D eigenvalue weighted by atomic mass is 35.5. The normalized spacial score (nSPS) is 11.4. The second-order valence-electron chi connectivity index (χ2n) is 4.77. The van der Waals surface area contributed by atoms with Crippen molar-refractivity contribution < 1.29 is 22.7 Å². The number of methoxy groups -OCH3 is 1. The molecule has 0 spiro atoms. The lowest BCUT2D eigenvalue weighted by molar-refractivity contribution is -0.143. The van der Waals surface area contributed by atoms with Gasteiger partial charge < -0.3 is 10.1 Å². The highest BCUT2D eigenvalue weighted by molar-refractivity contribution is 6.34. The first-order valence-electron chi connectivity index (χ1n) is 6.40. The van der Waals surface area contributed by atoms with Crippen molar-refractivity contribution in [1.29, 1.82) is 0 Å². The molecule has 0 aliphatic rings. The summed E-state index contributed by atoms with van der Waals surface area (Å²) in [5.41, 5.74) is -0.556. The zero-order valence-electron chi connectivity index (χ0n) is 12.5. The lowest BCUT2D eigenvalue weighted by Gasteiger charge is -2.09. The van der Waals surface area contributed by atoms with Crippen LogP contribution in [0.4, 0.5) is 18.9 Å². The van der Waals surface area contributed by atoms with Crippen LogP contribution in [0, 0.1) is 6.92 Å². The summed E-state index contributed by atoms with van der Waals surface area (Å²) in [6.07, 6.45) is -4.70. The van der Waals surface area contributed by atoms with Gasteiger partial charge in [0.2, 0.25) is 0 Å². The number of ether oxygens (including phenoxy) is 1. The van der Waals surface area contributed by atoms with E-state index in [-0.39, 0.29) is 0 Å². The molecule has 9 heteroatoms. The molecule has 0 saturated heterocycles. The summed E-state index contributed by atoms with van der Waals surface area (Å²) < 4.78 is 44.2. The van der Waals surface area contributed by atoms with Gasteiger partial charge in [0.05, 0.1) is 7.11 Å². The van der Waals surface area contributed by atoms with Crippen LogP contribution in [-0.4, -0.2) is 22.8 Å². The Hall–Kier alpha value is -2.22. The lowest BCUT2D eigenvalue weighted by Crippen LogP contribution is -2.14. The number of hydrogen-bond acceptors (Lipinski definition) is 3. The van der Waals surface area contributed by atoms with Crippen LogP contribution < -0.4 is 10.1 Å². The van der Waals surface area contributed by atoms with Gasteiger partial charge in [-0.15, -0.1) is 0 Å². The minimum Gasteiger partial charge on any atom is -0.497 e. The van der Waals surface area contributed by atoms with Crippen LogP contribution in [0.1, 0.15) is 21.7 Å². The number of rotatable bonds is 3. The molecule has 0 unspecified atom stereocenters. The molecule has 124 valence electrons. The van der Waals surface area contributed by atoms with Crippen LogP contribution in [0.3, 0.4) is 0 Å². The van der Waals surface area contributed by atoms with Crippen molar-refractivity contribution in [2.45, 2.75) is 13.1 Å². The number of aromatic nitrogens is 2. The van der Waals surface area contributed by atoms with Gasteiger partial charge in [0.15, 0.2) is 11.4 Å². The average molecular weight is 348 g/mol. The van der Waals surface area contributed by atoms with E-state index in [1.54, 1.807) is 25.1 Å². The van der Waals surface area contributed by atoms with Gasteiger partial charge >= 0.3 is 6.18 Å². The van der Waals surface area contributed by atoms with E-state index in [4.69, 9.17) is 16.3 Å². The van der Waals surface area contributed by atoms with Gasteiger partial charge in [-0.3, -0.25) is 9.48 Å². The third kappa shape index (κ3) is 3.42. The largest absolute Gasteiger partial charge is 0.497 e. The average Bonchev–Trinajstić information content (AvgIpc) is 2.75. The van der Waals surface area contributed by atoms with Crippen LogP contribution >= 0.6 is 11.6 Å². The van der Waals surface area contributed by atoms with Gasteiger partial charge in [-0.25, -0.2) is 0 Å². The Morgan fingerprint density at radius 2 is 2.04 bits per heavy atom. The number of carbonyl (C=O) groups excluding carboxylic acids is 1. The summed E-state index contributed by atoms with van der Waals surface area (Å²) in [5, 5.41) is 5.32. The monoisotopic (exact) mass is 347 g/mol. The molecule has 0 fully saturated rings. The van der Waals surface area contributed by atoms with Crippen LogP contribution in [0.15, 0.2) is 18.2 Å². The summed E-state index contributed by atoms with van der Waals surface area (Å²) in [6.45, 7) is 1.72. The summed E-state index contributed by atoms with van der Waals surface area (Å²) in [7, 11) is 2.57. The number of hydrogen-bond donors (Lipinski definition) is 1. The van der Waals surface area contributed by atoms with Gasteiger partial charge in [0.25, 0.3) is 5.91 Å². The summed E-state index contributed by atoms with van der Waals surface area (Å²) in [4.78, 5) is 12.2. The number of halogens is 4. The van der Waals surface area contributed by atoms with Crippen LogP contribution in [0.2, 0.25) is 5.02 Å². The number of amides is 1. The van der Waals surface area contributed by atoms with Crippen molar-refractivity contribution >= 4 is 23.2 Å². The zero-order chi connectivity index (χ0) is 17.4. The Morgan fingerprint density at radius 3 is 2.52 bits per heavy atom. The molecule has 0 atom stereocenters. The summed E-state index contributed by atoms with van der Waals surface area (Å²) in [5.74, 6) is -0.231. The number of carbonyl (C=O) groups is 1. The van der Waals surface area contributed by atoms with Crippen LogP contribution in [0.5, 0.6) is 5.75 Å². The maximum atomic E-state index is 12.9. The van der Waals surface area contributed by atoms with Crippen molar-refractivity contribution in [1.82, 2.24) is 9.78 Å². The van der Waals surface area contributed by atoms with Gasteiger partial charge in [-0.05, 0) is 30.7 Å². The molecule has 2 rings (SSSR count). The molecule has 0 aliphatic heterocycles. The quantitative estimate of drug-likeness (QED) is 0.921. The molecule has 1 heterocycles. The second-order valence-corrected chi connectivity index (χ2v) is 5.15. The topological polar surface area (TPSA) is 56.1 Å². The van der Waals surface area contributed by atoms with Crippen LogP contribution in [0.25, 0.3) is 0 Å². The standard InChI is InChI=1S/C14H13ClF3N3O2/c1-7-6-8(23-3)4-5-9(7)19-13(22)11-10(15)12(14(16,17)18)21(2)20-11/h4-6H,1-3H3,(H,19,22). The number of nitrogens with one attached hydrogen (secondary N) is 1. The third-order valence-corrected chi connectivity index (χ3v) is 3.51. The molecular formula is C14H13ClF3N3O2. The first-order valence-corrected chi connectivity index (χ1v) is 6.78. The number of benzene rings is 1. The molecule has 0 aliphatic carbocycles. The van der Waals surface area contributed by atoms with Crippen molar-refractivity contribution in [2.24, 2.45) is 7.05 Å². The molecule has 5 nitrogen and oxygen atoms in total. The summed E-state index contributed by atoms with van der Waals surface area (Å²) in [6, 6.07) is 4.87. The lowest BCUT2D eigenvalue weighted by atomic mass is 10.2. The van der Waals surface area contributed by atoms with Gasteiger partial charge in [0, 0.05) is 12.7 Å². The van der Waals surface area contributed by atoms with E-state index in [1.165, 1.54) is 7.11 Å². The third-order valence-electron chi connectivity index (χ3n) is 3.15. The van der Waals surface area contributed by atoms with E-state index in [1.807, 2.05) is 0 Å². The van der Waals surface area contributed by atoms with Gasteiger partial charge in [0.1, 0.15) is 10.8 Å². The number of alkyl halides is 3. The fourth-order valence-corrected chi connectivity index (χ4v) is 2.39. The second kappa shape index (κ2) is 6.11. The predicted molar refractivity (Wildman–Crippen MR) is 78.9 cm³/mol. The van der Waals surface area contributed by atoms with Crippen LogP contribution in [-0.2, 0) is 13.2 Å². The maximum Gasteiger partial charge on any atom is 0.434 e. The molecule has 1 aromatic carbocycles. The first kappa shape index (κ1) is 17.1. The van der Waals surface area contributed by atoms with E-state index in [0.717, 1.165) is 7.05 Å². The Bertz CT molecular complexity index is 756. The summed E-state index contributed by atoms with van der Waals surface area (Å²) >= 11 is 5.68. The van der Waals surface area contributed by atoms with Gasteiger partial charge in [-0.2, -0.15) is 18.3 Å². The number of anilines is 1. The van der Waals surface area contributed by atoms with E-state index >= 15 is 0 Å². The molecule has 23 heavy (non-hydrogen) atoms. The molecule has 1 amide bonds. The Balaban J connectivity index is 2.32. The highest BCUT2D eigenvalue weighted by Gasteiger charge is 2.40. The molecule has 0 saturated carbocycles. The minimum atomic E-state index is -4.70. The fourth-order valence-electron chi connectivity index (χ4n) is 2.04. The molecule has 1 aromatic heterocycles. The van der Waals surface area contributed by atoms with E-state index < -0.39 is 28.5 Å². The Labute approximate surface area is 135 Å². The molecule has 0 bridgehead atoms. The Morgan fingerprint density at radius 1 is 1.39 bits per heavy atom. The molecule has 2 aromatic rings. The zero-order valence-corrected chi connectivity index (χ0v) is 13.2. The number of nitrogens with zero attached hydrogens (tertiary/aromatic N) is 2. The van der Waals surface area contributed by atoms with E-state index in [9.17, 15) is 18.0 Å². The van der Waals surface area contributed by atoms with Crippen molar-refractivity contribution in [2.75, 3.05) is 12.4 Å². The Kier molecular flexibility index (Phi) is 4.56. The highest BCUT2D eigenvalue weighted by Crippen LogP contribution is 2.36. The predicted octanol–water partition coefficient (Wildman–Crippen LogP) is 3.66. The minimum absolute atomic E-state index is 0.422. The molecular weight excluding hydrogens is 335 g/mol. The first-order chi connectivity index (χ1) is 10.6.